The second-order valence-electron chi connectivity index (χ2n) is 3.62. The fourth-order valence-electron chi connectivity index (χ4n) is 1.33. The standard InChI is InChI=1S/C11H18ClN5O2/c1-3-13-10-15-9(12)16-11(17-10)14-7-5-6-8(18)19-4-2/h3-7H2,1-2H3,(H2,13,14,15,16,17). The average molecular weight is 288 g/mol. The summed E-state index contributed by atoms with van der Waals surface area (Å²) < 4.78 is 4.83. The Bertz CT molecular complexity index is 416. The minimum Gasteiger partial charge on any atom is -0.466 e. The van der Waals surface area contributed by atoms with Gasteiger partial charge in [0, 0.05) is 19.5 Å². The lowest BCUT2D eigenvalue weighted by molar-refractivity contribution is -0.143. The van der Waals surface area contributed by atoms with E-state index in [0.717, 1.165) is 0 Å². The van der Waals surface area contributed by atoms with Gasteiger partial charge in [-0.05, 0) is 31.9 Å². The van der Waals surface area contributed by atoms with Gasteiger partial charge in [0.05, 0.1) is 6.61 Å². The number of hydrogen-bond donors (Lipinski definition) is 2. The number of carbonyl (C=O) groups is 1. The molecule has 0 unspecified atom stereocenters. The van der Waals surface area contributed by atoms with Crippen molar-refractivity contribution < 1.29 is 9.53 Å². The predicted molar refractivity (Wildman–Crippen MR) is 73.4 cm³/mol. The molecule has 0 saturated heterocycles. The number of hydrogen-bond acceptors (Lipinski definition) is 7. The van der Waals surface area contributed by atoms with Crippen LogP contribution in [0.5, 0.6) is 0 Å². The first-order valence-corrected chi connectivity index (χ1v) is 6.58. The van der Waals surface area contributed by atoms with Crippen LogP contribution in [0.2, 0.25) is 5.28 Å². The first-order valence-electron chi connectivity index (χ1n) is 6.20. The number of halogens is 1. The Morgan fingerprint density at radius 3 is 2.53 bits per heavy atom. The smallest absolute Gasteiger partial charge is 0.305 e. The Morgan fingerprint density at radius 2 is 1.89 bits per heavy atom. The van der Waals surface area contributed by atoms with Crippen molar-refractivity contribution in [2.45, 2.75) is 26.7 Å². The maximum absolute atomic E-state index is 11.1. The summed E-state index contributed by atoms with van der Waals surface area (Å²) in [7, 11) is 0. The van der Waals surface area contributed by atoms with Crippen LogP contribution in [-0.4, -0.2) is 40.6 Å². The quantitative estimate of drug-likeness (QED) is 0.556. The molecule has 0 radical (unpaired) electrons. The minimum atomic E-state index is -0.202. The van der Waals surface area contributed by atoms with Crippen LogP contribution in [0.4, 0.5) is 11.9 Å². The lowest BCUT2D eigenvalue weighted by atomic mass is 10.3. The number of ether oxygens (including phenoxy) is 1. The molecule has 0 fully saturated rings. The second-order valence-corrected chi connectivity index (χ2v) is 3.96. The topological polar surface area (TPSA) is 89.0 Å². The van der Waals surface area contributed by atoms with Gasteiger partial charge in [0.25, 0.3) is 0 Å². The van der Waals surface area contributed by atoms with E-state index in [1.165, 1.54) is 0 Å². The van der Waals surface area contributed by atoms with E-state index in [4.69, 9.17) is 16.3 Å². The SMILES string of the molecule is CCNc1nc(Cl)nc(NCCCC(=O)OCC)n1. The molecule has 1 aromatic rings. The van der Waals surface area contributed by atoms with Gasteiger partial charge >= 0.3 is 5.97 Å². The van der Waals surface area contributed by atoms with Crippen LogP contribution in [0.1, 0.15) is 26.7 Å². The highest BCUT2D eigenvalue weighted by Crippen LogP contribution is 2.09. The maximum Gasteiger partial charge on any atom is 0.305 e. The normalized spacial score (nSPS) is 10.1. The molecular weight excluding hydrogens is 270 g/mol. The molecule has 0 saturated carbocycles. The van der Waals surface area contributed by atoms with E-state index >= 15 is 0 Å². The number of carbonyl (C=O) groups excluding carboxylic acids is 1. The summed E-state index contributed by atoms with van der Waals surface area (Å²) in [5.74, 6) is 0.613. The van der Waals surface area contributed by atoms with Gasteiger partial charge < -0.3 is 15.4 Å². The zero-order valence-corrected chi connectivity index (χ0v) is 11.8. The van der Waals surface area contributed by atoms with E-state index in [2.05, 4.69) is 25.6 Å². The molecule has 7 nitrogen and oxygen atoms in total. The Hall–Kier alpha value is -1.63. The van der Waals surface area contributed by atoms with Crippen molar-refractivity contribution in [1.82, 2.24) is 15.0 Å². The minimum absolute atomic E-state index is 0.124. The summed E-state index contributed by atoms with van der Waals surface area (Å²) in [6.45, 7) is 5.38. The largest absolute Gasteiger partial charge is 0.466 e. The van der Waals surface area contributed by atoms with Crippen molar-refractivity contribution in [1.29, 1.82) is 0 Å². The van der Waals surface area contributed by atoms with E-state index < -0.39 is 0 Å². The van der Waals surface area contributed by atoms with E-state index in [0.29, 0.717) is 44.4 Å². The van der Waals surface area contributed by atoms with Crippen molar-refractivity contribution in [2.24, 2.45) is 0 Å². The molecule has 19 heavy (non-hydrogen) atoms. The molecule has 0 spiro atoms. The Kier molecular flexibility index (Phi) is 6.88. The summed E-state index contributed by atoms with van der Waals surface area (Å²) in [6.07, 6.45) is 0.998. The van der Waals surface area contributed by atoms with Crippen LogP contribution < -0.4 is 10.6 Å². The van der Waals surface area contributed by atoms with E-state index in [1.807, 2.05) is 6.92 Å². The third-order valence-electron chi connectivity index (χ3n) is 2.09. The van der Waals surface area contributed by atoms with Crippen molar-refractivity contribution in [2.75, 3.05) is 30.3 Å². The lowest BCUT2D eigenvalue weighted by Crippen LogP contribution is -2.11. The Morgan fingerprint density at radius 1 is 1.21 bits per heavy atom. The highest BCUT2D eigenvalue weighted by atomic mass is 35.5. The van der Waals surface area contributed by atoms with Crippen LogP contribution in [0, 0.1) is 0 Å². The fraction of sp³-hybridized carbons (Fsp3) is 0.636. The number of aromatic nitrogens is 3. The zero-order valence-electron chi connectivity index (χ0n) is 11.1. The van der Waals surface area contributed by atoms with Gasteiger partial charge in [-0.1, -0.05) is 0 Å². The maximum atomic E-state index is 11.1. The zero-order chi connectivity index (χ0) is 14.1. The highest BCUT2D eigenvalue weighted by Gasteiger charge is 2.05. The van der Waals surface area contributed by atoms with Gasteiger partial charge in [-0.15, -0.1) is 0 Å². The molecule has 0 aliphatic rings. The molecule has 1 heterocycles. The van der Waals surface area contributed by atoms with Crippen LogP contribution in [0.25, 0.3) is 0 Å². The van der Waals surface area contributed by atoms with Crippen molar-refractivity contribution in [3.63, 3.8) is 0 Å². The fourth-order valence-corrected chi connectivity index (χ4v) is 1.49. The van der Waals surface area contributed by atoms with Crippen molar-refractivity contribution >= 4 is 29.5 Å². The van der Waals surface area contributed by atoms with Gasteiger partial charge in [0.15, 0.2) is 0 Å². The summed E-state index contributed by atoms with van der Waals surface area (Å²) in [5, 5.41) is 6.06. The summed E-state index contributed by atoms with van der Waals surface area (Å²) >= 11 is 5.77. The average Bonchev–Trinajstić information content (AvgIpc) is 2.35. The molecule has 0 aliphatic heterocycles. The molecule has 0 bridgehead atoms. The summed E-state index contributed by atoms with van der Waals surface area (Å²) in [5.41, 5.74) is 0. The third kappa shape index (κ3) is 6.19. The van der Waals surface area contributed by atoms with Crippen LogP contribution in [0.15, 0.2) is 0 Å². The van der Waals surface area contributed by atoms with Gasteiger partial charge in [0.2, 0.25) is 17.2 Å². The first-order chi connectivity index (χ1) is 9.15. The molecular formula is C11H18ClN5O2. The number of esters is 1. The van der Waals surface area contributed by atoms with E-state index in [1.54, 1.807) is 6.92 Å². The van der Waals surface area contributed by atoms with E-state index in [9.17, 15) is 4.79 Å². The Labute approximate surface area is 117 Å². The monoisotopic (exact) mass is 287 g/mol. The van der Waals surface area contributed by atoms with E-state index in [-0.39, 0.29) is 11.3 Å². The van der Waals surface area contributed by atoms with Crippen molar-refractivity contribution in [3.8, 4) is 0 Å². The molecule has 0 amide bonds. The lowest BCUT2D eigenvalue weighted by Gasteiger charge is -2.07. The molecule has 0 aromatic carbocycles. The molecule has 106 valence electrons. The van der Waals surface area contributed by atoms with Crippen molar-refractivity contribution in [3.05, 3.63) is 5.28 Å². The molecule has 1 aromatic heterocycles. The summed E-state index contributed by atoms with van der Waals surface area (Å²) in [6, 6.07) is 0. The number of anilines is 2. The molecule has 0 atom stereocenters. The molecule has 1 rings (SSSR count). The van der Waals surface area contributed by atoms with Gasteiger partial charge in [-0.3, -0.25) is 4.79 Å². The summed E-state index contributed by atoms with van der Waals surface area (Å²) in [4.78, 5) is 23.1. The van der Waals surface area contributed by atoms with Crippen LogP contribution in [-0.2, 0) is 9.53 Å². The van der Waals surface area contributed by atoms with Gasteiger partial charge in [-0.25, -0.2) is 0 Å². The molecule has 0 aliphatic carbocycles. The second kappa shape index (κ2) is 8.47. The molecule has 2 N–H and O–H groups in total. The van der Waals surface area contributed by atoms with Crippen LogP contribution >= 0.6 is 11.6 Å². The molecule has 8 heteroatoms. The number of nitrogens with one attached hydrogen (secondary N) is 2. The predicted octanol–water partition coefficient (Wildman–Crippen LogP) is 1.71. The van der Waals surface area contributed by atoms with Gasteiger partial charge in [0.1, 0.15) is 0 Å². The first kappa shape index (κ1) is 15.4. The third-order valence-corrected chi connectivity index (χ3v) is 2.26. The van der Waals surface area contributed by atoms with Gasteiger partial charge in [-0.2, -0.15) is 15.0 Å². The Balaban J connectivity index is 2.38. The number of nitrogens with zero attached hydrogens (tertiary/aromatic N) is 3. The number of rotatable bonds is 8. The highest BCUT2D eigenvalue weighted by molar-refractivity contribution is 6.28. The van der Waals surface area contributed by atoms with Crippen LogP contribution in [0.3, 0.4) is 0 Å².